The average molecular weight is 214 g/mol. The van der Waals surface area contributed by atoms with Gasteiger partial charge in [0.05, 0.1) is 6.54 Å². The Morgan fingerprint density at radius 1 is 1.20 bits per heavy atom. The number of carbonyl (C=O) groups is 1. The number of nitrogens with one attached hydrogen (secondary N) is 1. The summed E-state index contributed by atoms with van der Waals surface area (Å²) >= 11 is 0. The van der Waals surface area contributed by atoms with E-state index in [0.717, 1.165) is 19.6 Å². The Bertz CT molecular complexity index is 176. The summed E-state index contributed by atoms with van der Waals surface area (Å²) in [6, 6.07) is 0. The molecule has 1 unspecified atom stereocenters. The van der Waals surface area contributed by atoms with Crippen LogP contribution in [0.1, 0.15) is 34.6 Å². The zero-order valence-corrected chi connectivity index (χ0v) is 10.8. The topological polar surface area (TPSA) is 32.3 Å². The largest absolute Gasteiger partial charge is 0.342 e. The Kier molecular flexibility index (Phi) is 7.39. The second-order valence-electron chi connectivity index (χ2n) is 4.42. The lowest BCUT2D eigenvalue weighted by molar-refractivity contribution is -0.129. The standard InChI is InChI=1S/C12H26N2O/c1-6-14(7-2)12(15)9-13-8-11(5)10(3)4/h10-11,13H,6-9H2,1-5H3. The summed E-state index contributed by atoms with van der Waals surface area (Å²) in [6.07, 6.45) is 0. The number of rotatable bonds is 7. The molecule has 0 aromatic rings. The molecule has 1 atom stereocenters. The highest BCUT2D eigenvalue weighted by Gasteiger charge is 2.10. The van der Waals surface area contributed by atoms with E-state index in [2.05, 4.69) is 26.1 Å². The Balaban J connectivity index is 3.71. The van der Waals surface area contributed by atoms with Crippen LogP contribution in [0.5, 0.6) is 0 Å². The highest BCUT2D eigenvalue weighted by atomic mass is 16.2. The van der Waals surface area contributed by atoms with Gasteiger partial charge >= 0.3 is 0 Å². The van der Waals surface area contributed by atoms with Gasteiger partial charge in [-0.25, -0.2) is 0 Å². The maximum atomic E-state index is 11.6. The van der Waals surface area contributed by atoms with Gasteiger partial charge in [0, 0.05) is 13.1 Å². The number of likely N-dealkylation sites (N-methyl/N-ethyl adjacent to an activating group) is 1. The van der Waals surface area contributed by atoms with Gasteiger partial charge in [-0.2, -0.15) is 0 Å². The van der Waals surface area contributed by atoms with E-state index >= 15 is 0 Å². The third kappa shape index (κ3) is 5.78. The van der Waals surface area contributed by atoms with Crippen molar-refractivity contribution in [3.05, 3.63) is 0 Å². The van der Waals surface area contributed by atoms with Crippen LogP contribution < -0.4 is 5.32 Å². The summed E-state index contributed by atoms with van der Waals surface area (Å²) in [5.74, 6) is 1.49. The van der Waals surface area contributed by atoms with Crippen LogP contribution in [0.2, 0.25) is 0 Å². The number of hydrogen-bond donors (Lipinski definition) is 1. The number of carbonyl (C=O) groups excluding carboxylic acids is 1. The normalized spacial score (nSPS) is 12.9. The van der Waals surface area contributed by atoms with Gasteiger partial charge in [0.15, 0.2) is 0 Å². The fourth-order valence-electron chi connectivity index (χ4n) is 1.33. The van der Waals surface area contributed by atoms with Crippen LogP contribution in [0.15, 0.2) is 0 Å². The van der Waals surface area contributed by atoms with Crippen molar-refractivity contribution in [3.8, 4) is 0 Å². The molecule has 1 N–H and O–H groups in total. The first-order valence-corrected chi connectivity index (χ1v) is 6.01. The van der Waals surface area contributed by atoms with E-state index in [-0.39, 0.29) is 5.91 Å². The second-order valence-corrected chi connectivity index (χ2v) is 4.42. The molecule has 90 valence electrons. The lowest BCUT2D eigenvalue weighted by atomic mass is 9.98. The Labute approximate surface area is 94.2 Å². The van der Waals surface area contributed by atoms with Crippen LogP contribution in [0.4, 0.5) is 0 Å². The Hall–Kier alpha value is -0.570. The zero-order chi connectivity index (χ0) is 11.8. The smallest absolute Gasteiger partial charge is 0.236 e. The molecule has 15 heavy (non-hydrogen) atoms. The highest BCUT2D eigenvalue weighted by Crippen LogP contribution is 2.07. The van der Waals surface area contributed by atoms with Crippen LogP contribution in [0.25, 0.3) is 0 Å². The van der Waals surface area contributed by atoms with E-state index < -0.39 is 0 Å². The summed E-state index contributed by atoms with van der Waals surface area (Å²) < 4.78 is 0. The third-order valence-corrected chi connectivity index (χ3v) is 3.00. The third-order valence-electron chi connectivity index (χ3n) is 3.00. The van der Waals surface area contributed by atoms with Crippen LogP contribution >= 0.6 is 0 Å². The molecule has 0 fully saturated rings. The van der Waals surface area contributed by atoms with E-state index in [1.165, 1.54) is 0 Å². The van der Waals surface area contributed by atoms with Crippen LogP contribution in [0, 0.1) is 11.8 Å². The molecule has 0 heterocycles. The maximum absolute atomic E-state index is 11.6. The summed E-state index contributed by atoms with van der Waals surface area (Å²) in [6.45, 7) is 13.6. The van der Waals surface area contributed by atoms with Crippen molar-refractivity contribution in [1.29, 1.82) is 0 Å². The van der Waals surface area contributed by atoms with Gasteiger partial charge in [-0.15, -0.1) is 0 Å². The minimum atomic E-state index is 0.205. The van der Waals surface area contributed by atoms with E-state index in [0.29, 0.717) is 18.4 Å². The van der Waals surface area contributed by atoms with Gasteiger partial charge in [-0.05, 0) is 32.2 Å². The molecule has 0 saturated heterocycles. The summed E-state index contributed by atoms with van der Waals surface area (Å²) in [5.41, 5.74) is 0. The van der Waals surface area contributed by atoms with Crippen molar-refractivity contribution in [1.82, 2.24) is 10.2 Å². The van der Waals surface area contributed by atoms with Gasteiger partial charge in [0.1, 0.15) is 0 Å². The first-order valence-electron chi connectivity index (χ1n) is 6.01. The molecule has 0 aliphatic heterocycles. The van der Waals surface area contributed by atoms with E-state index in [1.807, 2.05) is 18.7 Å². The first kappa shape index (κ1) is 14.4. The molecular weight excluding hydrogens is 188 g/mol. The van der Waals surface area contributed by atoms with Crippen molar-refractivity contribution in [2.75, 3.05) is 26.2 Å². The fourth-order valence-corrected chi connectivity index (χ4v) is 1.33. The summed E-state index contributed by atoms with van der Waals surface area (Å²) in [5, 5.41) is 3.22. The number of nitrogens with zero attached hydrogens (tertiary/aromatic N) is 1. The van der Waals surface area contributed by atoms with E-state index in [1.54, 1.807) is 0 Å². The molecule has 0 rings (SSSR count). The van der Waals surface area contributed by atoms with Crippen LogP contribution in [-0.4, -0.2) is 37.0 Å². The molecule has 0 aromatic carbocycles. The number of amides is 1. The van der Waals surface area contributed by atoms with E-state index in [9.17, 15) is 4.79 Å². The molecule has 0 radical (unpaired) electrons. The molecule has 0 spiro atoms. The summed E-state index contributed by atoms with van der Waals surface area (Å²) in [4.78, 5) is 13.5. The maximum Gasteiger partial charge on any atom is 0.236 e. The van der Waals surface area contributed by atoms with Gasteiger partial charge < -0.3 is 10.2 Å². The molecule has 0 aromatic heterocycles. The molecule has 3 heteroatoms. The van der Waals surface area contributed by atoms with Gasteiger partial charge in [0.2, 0.25) is 5.91 Å². The SMILES string of the molecule is CCN(CC)C(=O)CNCC(C)C(C)C. The predicted octanol–water partition coefficient (Wildman–Crippen LogP) is 1.74. The van der Waals surface area contributed by atoms with Crippen molar-refractivity contribution in [2.24, 2.45) is 11.8 Å². The predicted molar refractivity (Wildman–Crippen MR) is 64.8 cm³/mol. The Morgan fingerprint density at radius 3 is 2.13 bits per heavy atom. The zero-order valence-electron chi connectivity index (χ0n) is 10.8. The van der Waals surface area contributed by atoms with Crippen molar-refractivity contribution >= 4 is 5.91 Å². The van der Waals surface area contributed by atoms with Crippen molar-refractivity contribution in [3.63, 3.8) is 0 Å². The molecule has 0 aliphatic carbocycles. The lowest BCUT2D eigenvalue weighted by Gasteiger charge is -2.20. The average Bonchev–Trinajstić information content (AvgIpc) is 2.19. The number of hydrogen-bond acceptors (Lipinski definition) is 2. The molecule has 0 aliphatic rings. The second kappa shape index (κ2) is 7.69. The molecule has 0 bridgehead atoms. The van der Waals surface area contributed by atoms with Crippen LogP contribution in [0.3, 0.4) is 0 Å². The first-order chi connectivity index (χ1) is 7.02. The van der Waals surface area contributed by atoms with Crippen molar-refractivity contribution < 1.29 is 4.79 Å². The molecular formula is C12H26N2O. The summed E-state index contributed by atoms with van der Waals surface area (Å²) in [7, 11) is 0. The van der Waals surface area contributed by atoms with E-state index in [4.69, 9.17) is 0 Å². The van der Waals surface area contributed by atoms with Gasteiger partial charge in [-0.3, -0.25) is 4.79 Å². The molecule has 1 amide bonds. The minimum Gasteiger partial charge on any atom is -0.342 e. The quantitative estimate of drug-likeness (QED) is 0.700. The highest BCUT2D eigenvalue weighted by molar-refractivity contribution is 5.78. The van der Waals surface area contributed by atoms with Crippen LogP contribution in [-0.2, 0) is 4.79 Å². The van der Waals surface area contributed by atoms with Crippen molar-refractivity contribution in [2.45, 2.75) is 34.6 Å². The molecule has 3 nitrogen and oxygen atoms in total. The Morgan fingerprint density at radius 2 is 1.73 bits per heavy atom. The van der Waals surface area contributed by atoms with Gasteiger partial charge in [-0.1, -0.05) is 20.8 Å². The fraction of sp³-hybridized carbons (Fsp3) is 0.917. The minimum absolute atomic E-state index is 0.205. The monoisotopic (exact) mass is 214 g/mol. The lowest BCUT2D eigenvalue weighted by Crippen LogP contribution is -2.39. The molecule has 0 saturated carbocycles. The van der Waals surface area contributed by atoms with Gasteiger partial charge in [0.25, 0.3) is 0 Å².